The van der Waals surface area contributed by atoms with Crippen LogP contribution in [0.2, 0.25) is 0 Å². The molecular formula is C12H23N5O2. The van der Waals surface area contributed by atoms with Crippen molar-refractivity contribution in [2.75, 3.05) is 6.54 Å². The minimum absolute atomic E-state index is 0.246. The smallest absolute Gasteiger partial charge is 0.358 e. The summed E-state index contributed by atoms with van der Waals surface area (Å²) in [6.07, 6.45) is 3.93. The Morgan fingerprint density at radius 3 is 2.47 bits per heavy atom. The van der Waals surface area contributed by atoms with Crippen LogP contribution in [0, 0.1) is 5.41 Å². The maximum Gasteiger partial charge on any atom is 0.358 e. The van der Waals surface area contributed by atoms with Gasteiger partial charge in [0, 0.05) is 5.57 Å². The number of nitrogens with two attached hydrogens (primary N) is 2. The topological polar surface area (TPSA) is 118 Å². The molecule has 0 aromatic rings. The van der Waals surface area contributed by atoms with E-state index in [9.17, 15) is 4.79 Å². The summed E-state index contributed by atoms with van der Waals surface area (Å²) in [7, 11) is 0. The van der Waals surface area contributed by atoms with Gasteiger partial charge in [-0.25, -0.2) is 4.79 Å². The number of nitrogens with one attached hydrogen (secondary N) is 1. The van der Waals surface area contributed by atoms with Gasteiger partial charge in [-0.2, -0.15) is 10.1 Å². The molecule has 108 valence electrons. The second kappa shape index (κ2) is 8.96. The van der Waals surface area contributed by atoms with E-state index in [1.807, 2.05) is 0 Å². The third-order valence-corrected chi connectivity index (χ3v) is 2.23. The van der Waals surface area contributed by atoms with E-state index in [4.69, 9.17) is 21.7 Å². The van der Waals surface area contributed by atoms with E-state index < -0.39 is 5.97 Å². The predicted octanol–water partition coefficient (Wildman–Crippen LogP) is 1.11. The molecule has 0 aromatic heterocycles. The zero-order chi connectivity index (χ0) is 14.8. The minimum atomic E-state index is -0.606. The molecule has 0 aliphatic carbocycles. The van der Waals surface area contributed by atoms with E-state index >= 15 is 0 Å². The first-order valence-electron chi connectivity index (χ1n) is 6.22. The van der Waals surface area contributed by atoms with Crippen LogP contribution in [0.4, 0.5) is 0 Å². The van der Waals surface area contributed by atoms with Gasteiger partial charge in [0.1, 0.15) is 0 Å². The molecule has 7 heteroatoms. The van der Waals surface area contributed by atoms with E-state index in [0.29, 0.717) is 6.54 Å². The van der Waals surface area contributed by atoms with Gasteiger partial charge in [-0.15, -0.1) is 0 Å². The summed E-state index contributed by atoms with van der Waals surface area (Å²) in [6, 6.07) is 0. The molecule has 0 saturated carbocycles. The van der Waals surface area contributed by atoms with E-state index in [1.54, 1.807) is 0 Å². The van der Waals surface area contributed by atoms with Crippen molar-refractivity contribution in [3.63, 3.8) is 0 Å². The molecule has 19 heavy (non-hydrogen) atoms. The molecule has 0 saturated heterocycles. The summed E-state index contributed by atoms with van der Waals surface area (Å²) in [5.41, 5.74) is 10.6. The van der Waals surface area contributed by atoms with Gasteiger partial charge in [0.15, 0.2) is 5.96 Å². The Morgan fingerprint density at radius 1 is 1.37 bits per heavy atom. The molecule has 0 atom stereocenters. The van der Waals surface area contributed by atoms with Crippen LogP contribution < -0.4 is 11.5 Å². The first kappa shape index (κ1) is 16.9. The molecule has 0 bridgehead atoms. The van der Waals surface area contributed by atoms with E-state index in [0.717, 1.165) is 30.7 Å². The summed E-state index contributed by atoms with van der Waals surface area (Å²) in [5, 5.41) is 8.74. The number of aliphatic imine (C=N–C) groups is 1. The normalized spacial score (nSPS) is 9.58. The van der Waals surface area contributed by atoms with Crippen molar-refractivity contribution in [3.05, 3.63) is 12.2 Å². The van der Waals surface area contributed by atoms with E-state index in [-0.39, 0.29) is 17.5 Å². The van der Waals surface area contributed by atoms with E-state index in [2.05, 4.69) is 18.5 Å². The molecule has 0 fully saturated rings. The predicted molar refractivity (Wildman–Crippen MR) is 75.3 cm³/mol. The van der Waals surface area contributed by atoms with Crippen LogP contribution in [0.25, 0.3) is 0 Å². The van der Waals surface area contributed by atoms with Crippen LogP contribution in [-0.4, -0.2) is 29.5 Å². The molecule has 0 amide bonds. The van der Waals surface area contributed by atoms with Gasteiger partial charge in [0.2, 0.25) is 0 Å². The van der Waals surface area contributed by atoms with Crippen molar-refractivity contribution in [2.45, 2.75) is 39.5 Å². The third kappa shape index (κ3) is 7.80. The Morgan fingerprint density at radius 2 is 2.00 bits per heavy atom. The fourth-order valence-electron chi connectivity index (χ4n) is 1.23. The van der Waals surface area contributed by atoms with Gasteiger partial charge >= 0.3 is 5.97 Å². The molecule has 0 rings (SSSR count). The lowest BCUT2D eigenvalue weighted by atomic mass is 10.2. The van der Waals surface area contributed by atoms with Crippen LogP contribution in [0.3, 0.4) is 0 Å². The highest BCUT2D eigenvalue weighted by molar-refractivity contribution is 5.93. The van der Waals surface area contributed by atoms with Crippen LogP contribution in [0.15, 0.2) is 17.1 Å². The Labute approximate surface area is 113 Å². The van der Waals surface area contributed by atoms with Crippen molar-refractivity contribution >= 4 is 17.9 Å². The summed E-state index contributed by atoms with van der Waals surface area (Å²) in [5.74, 6) is -1.16. The number of hydrogen-bond donors (Lipinski definition) is 3. The molecule has 0 aromatic carbocycles. The fourth-order valence-corrected chi connectivity index (χ4v) is 1.23. The van der Waals surface area contributed by atoms with Gasteiger partial charge in [-0.05, 0) is 13.3 Å². The van der Waals surface area contributed by atoms with Gasteiger partial charge in [-0.3, -0.25) is 5.41 Å². The number of hydroxylamine groups is 2. The highest BCUT2D eigenvalue weighted by Crippen LogP contribution is 2.05. The summed E-state index contributed by atoms with van der Waals surface area (Å²) in [6.45, 7) is 7.48. The largest absolute Gasteiger partial charge is 0.370 e. The number of carbonyl (C=O) groups is 1. The average molecular weight is 269 g/mol. The number of unbranched alkanes of at least 4 members (excludes halogenated alkanes) is 3. The standard InChI is InChI=1S/C12H23N5O2/c1-4-5-6-7-8-17(12(15)16-11(13)14)19-10(18)9(2)3/h2,4-8H2,1,3H3,(H5,13,14,15,16). The molecular weight excluding hydrogens is 246 g/mol. The lowest BCUT2D eigenvalue weighted by Gasteiger charge is -2.21. The van der Waals surface area contributed by atoms with E-state index in [1.165, 1.54) is 6.92 Å². The molecule has 0 spiro atoms. The quantitative estimate of drug-likeness (QED) is 0.219. The zero-order valence-corrected chi connectivity index (χ0v) is 11.6. The second-order valence-corrected chi connectivity index (χ2v) is 4.18. The van der Waals surface area contributed by atoms with Crippen LogP contribution in [-0.2, 0) is 9.63 Å². The van der Waals surface area contributed by atoms with Crippen LogP contribution >= 0.6 is 0 Å². The summed E-state index contributed by atoms with van der Waals surface area (Å²) < 4.78 is 0. The van der Waals surface area contributed by atoms with Gasteiger partial charge < -0.3 is 16.3 Å². The zero-order valence-electron chi connectivity index (χ0n) is 11.6. The lowest BCUT2D eigenvalue weighted by Crippen LogP contribution is -2.36. The van der Waals surface area contributed by atoms with Crippen molar-refractivity contribution in [3.8, 4) is 0 Å². The van der Waals surface area contributed by atoms with Crippen molar-refractivity contribution in [1.82, 2.24) is 5.06 Å². The molecule has 0 heterocycles. The molecule has 0 aliphatic heterocycles. The lowest BCUT2D eigenvalue weighted by molar-refractivity contribution is -0.168. The number of carbonyl (C=O) groups excluding carboxylic acids is 1. The SMILES string of the molecule is C=C(C)C(=O)ON(CCCCCC)C(=N)N=C(N)N. The fraction of sp³-hybridized carbons (Fsp3) is 0.583. The number of guanidine groups is 2. The monoisotopic (exact) mass is 269 g/mol. The number of hydrogen-bond acceptors (Lipinski definition) is 3. The van der Waals surface area contributed by atoms with Crippen LogP contribution in [0.1, 0.15) is 39.5 Å². The average Bonchev–Trinajstić information content (AvgIpc) is 2.31. The Kier molecular flexibility index (Phi) is 7.99. The summed E-state index contributed by atoms with van der Waals surface area (Å²) in [4.78, 5) is 20.0. The highest BCUT2D eigenvalue weighted by Gasteiger charge is 2.15. The van der Waals surface area contributed by atoms with Crippen molar-refractivity contribution in [1.29, 1.82) is 5.41 Å². The van der Waals surface area contributed by atoms with Crippen LogP contribution in [0.5, 0.6) is 0 Å². The second-order valence-electron chi connectivity index (χ2n) is 4.18. The Hall–Kier alpha value is -2.05. The van der Waals surface area contributed by atoms with Gasteiger partial charge in [-0.1, -0.05) is 32.8 Å². The Bertz CT molecular complexity index is 361. The van der Waals surface area contributed by atoms with Gasteiger partial charge in [0.25, 0.3) is 5.96 Å². The Balaban J connectivity index is 4.55. The van der Waals surface area contributed by atoms with Crippen molar-refractivity contribution < 1.29 is 9.63 Å². The molecule has 0 radical (unpaired) electrons. The summed E-state index contributed by atoms with van der Waals surface area (Å²) >= 11 is 0. The number of nitrogens with zero attached hydrogens (tertiary/aromatic N) is 2. The highest BCUT2D eigenvalue weighted by atomic mass is 16.7. The first-order valence-corrected chi connectivity index (χ1v) is 6.22. The third-order valence-electron chi connectivity index (χ3n) is 2.23. The molecule has 5 N–H and O–H groups in total. The maximum atomic E-state index is 11.5. The molecule has 0 aliphatic rings. The minimum Gasteiger partial charge on any atom is -0.370 e. The molecule has 7 nitrogen and oxygen atoms in total. The maximum absolute atomic E-state index is 11.5. The molecule has 0 unspecified atom stereocenters. The van der Waals surface area contributed by atoms with Crippen molar-refractivity contribution in [2.24, 2.45) is 16.5 Å². The first-order chi connectivity index (χ1) is 8.88. The van der Waals surface area contributed by atoms with Gasteiger partial charge in [0.05, 0.1) is 6.54 Å². The number of rotatable bonds is 6.